The van der Waals surface area contributed by atoms with Gasteiger partial charge in [0.05, 0.1) is 26.0 Å². The molecule has 0 aliphatic carbocycles. The van der Waals surface area contributed by atoms with E-state index in [9.17, 15) is 14.9 Å². The smallest absolute Gasteiger partial charge is 0.306 e. The van der Waals surface area contributed by atoms with Crippen molar-refractivity contribution in [3.05, 3.63) is 67.0 Å². The largest absolute Gasteiger partial charge is 0.307 e. The number of halogens is 3. The van der Waals surface area contributed by atoms with Gasteiger partial charge in [0.25, 0.3) is 0 Å². The minimum absolute atomic E-state index is 0.177. The van der Waals surface area contributed by atoms with Crippen LogP contribution in [0.5, 0.6) is 0 Å². The first-order chi connectivity index (χ1) is 13.8. The molecule has 0 spiro atoms. The van der Waals surface area contributed by atoms with Crippen LogP contribution in [0.1, 0.15) is 24.9 Å². The van der Waals surface area contributed by atoms with Crippen LogP contribution in [0.2, 0.25) is 10.0 Å². The van der Waals surface area contributed by atoms with Gasteiger partial charge >= 0.3 is 5.69 Å². The number of rotatable bonds is 7. The molecule has 1 atom stereocenters. The van der Waals surface area contributed by atoms with E-state index >= 15 is 0 Å². The highest BCUT2D eigenvalue weighted by Gasteiger charge is 2.23. The van der Waals surface area contributed by atoms with Gasteiger partial charge in [-0.25, -0.2) is 0 Å². The van der Waals surface area contributed by atoms with Crippen molar-refractivity contribution >= 4 is 56.5 Å². The summed E-state index contributed by atoms with van der Waals surface area (Å²) < 4.78 is 3.50. The van der Waals surface area contributed by atoms with Gasteiger partial charge in [-0.3, -0.25) is 24.3 Å². The van der Waals surface area contributed by atoms with E-state index < -0.39 is 11.0 Å². The van der Waals surface area contributed by atoms with Crippen LogP contribution < -0.4 is 5.32 Å². The highest BCUT2D eigenvalue weighted by molar-refractivity contribution is 9.10. The Morgan fingerprint density at radius 3 is 2.72 bits per heavy atom. The number of nitrogens with one attached hydrogen (secondary N) is 1. The van der Waals surface area contributed by atoms with Gasteiger partial charge in [0.2, 0.25) is 5.91 Å². The van der Waals surface area contributed by atoms with E-state index in [-0.39, 0.29) is 11.6 Å². The zero-order chi connectivity index (χ0) is 21.1. The number of nitrogens with zero attached hydrogens (tertiary/aromatic N) is 5. The number of amides is 1. The molecule has 1 unspecified atom stereocenters. The zero-order valence-electron chi connectivity index (χ0n) is 15.1. The molecule has 1 aromatic carbocycles. The van der Waals surface area contributed by atoms with Crippen molar-refractivity contribution in [2.75, 3.05) is 5.32 Å². The molecule has 0 saturated carbocycles. The topological polar surface area (TPSA) is 108 Å². The second kappa shape index (κ2) is 8.93. The summed E-state index contributed by atoms with van der Waals surface area (Å²) in [6, 6.07) is 4.57. The maximum absolute atomic E-state index is 12.7. The van der Waals surface area contributed by atoms with Crippen LogP contribution in [0.3, 0.4) is 0 Å². The van der Waals surface area contributed by atoms with Crippen molar-refractivity contribution in [2.45, 2.75) is 25.9 Å². The molecular formula is C17H15BrCl2N6O3. The van der Waals surface area contributed by atoms with E-state index in [2.05, 4.69) is 31.4 Å². The summed E-state index contributed by atoms with van der Waals surface area (Å²) in [7, 11) is 0. The molecule has 12 heteroatoms. The molecule has 0 aliphatic heterocycles. The molecule has 3 aromatic rings. The molecule has 0 saturated heterocycles. The highest BCUT2D eigenvalue weighted by atomic mass is 79.9. The molecule has 3 rings (SSSR count). The van der Waals surface area contributed by atoms with Gasteiger partial charge in [-0.2, -0.15) is 10.2 Å². The molecule has 2 aromatic heterocycles. The summed E-state index contributed by atoms with van der Waals surface area (Å²) in [5, 5.41) is 22.8. The Morgan fingerprint density at radius 2 is 2.10 bits per heavy atom. The number of carbonyl (C=O) groups is 1. The third-order valence-electron chi connectivity index (χ3n) is 4.09. The van der Waals surface area contributed by atoms with E-state index in [1.165, 1.54) is 10.9 Å². The summed E-state index contributed by atoms with van der Waals surface area (Å²) in [5.41, 5.74) is 0.714. The zero-order valence-corrected chi connectivity index (χ0v) is 18.1. The number of nitro groups is 1. The number of hydrogen-bond donors (Lipinski definition) is 1. The average Bonchev–Trinajstić information content (AvgIpc) is 3.27. The van der Waals surface area contributed by atoms with Gasteiger partial charge < -0.3 is 5.32 Å². The maximum Gasteiger partial charge on any atom is 0.307 e. The predicted molar refractivity (Wildman–Crippen MR) is 112 cm³/mol. The summed E-state index contributed by atoms with van der Waals surface area (Å²) in [5.74, 6) is -0.0545. The van der Waals surface area contributed by atoms with Crippen molar-refractivity contribution in [2.24, 2.45) is 0 Å². The molecular weight excluding hydrogens is 487 g/mol. The van der Waals surface area contributed by atoms with Crippen LogP contribution in [0.25, 0.3) is 0 Å². The molecule has 152 valence electrons. The predicted octanol–water partition coefficient (Wildman–Crippen LogP) is 4.70. The number of carbonyl (C=O) groups excluding carboxylic acids is 1. The lowest BCUT2D eigenvalue weighted by molar-refractivity contribution is -0.385. The first kappa shape index (κ1) is 21.3. The summed E-state index contributed by atoms with van der Waals surface area (Å²) in [6.45, 7) is 2.21. The Hall–Kier alpha value is -2.43. The van der Waals surface area contributed by atoms with Crippen LogP contribution in [-0.2, 0) is 11.3 Å². The molecule has 0 bridgehead atoms. The molecule has 0 radical (unpaired) electrons. The van der Waals surface area contributed by atoms with Crippen molar-refractivity contribution in [1.82, 2.24) is 19.6 Å². The van der Waals surface area contributed by atoms with Gasteiger partial charge in [-0.05, 0) is 40.0 Å². The van der Waals surface area contributed by atoms with E-state index in [4.69, 9.17) is 23.2 Å². The molecule has 29 heavy (non-hydrogen) atoms. The first-order valence-corrected chi connectivity index (χ1v) is 9.99. The summed E-state index contributed by atoms with van der Waals surface area (Å²) >= 11 is 15.3. The quantitative estimate of drug-likeness (QED) is 0.373. The molecule has 0 fully saturated rings. The number of aromatic nitrogens is 4. The fraction of sp³-hybridized carbons (Fsp3) is 0.235. The van der Waals surface area contributed by atoms with Crippen LogP contribution in [0.15, 0.2) is 41.3 Å². The molecule has 1 N–H and O–H groups in total. The molecule has 2 heterocycles. The van der Waals surface area contributed by atoms with E-state index in [1.807, 2.05) is 6.07 Å². The number of anilines is 1. The standard InChI is InChI=1S/C17H15BrCl2N6O3/c1-2-15(25-8-11(6-21-25)26(28)29)17(27)22-16-12(18)9-24(23-16)7-10-3-4-13(19)14(20)5-10/h3-6,8-9,15H,2,7H2,1H3,(H,22,23,27). The number of hydrogen-bond acceptors (Lipinski definition) is 5. The van der Waals surface area contributed by atoms with Gasteiger partial charge in [0.1, 0.15) is 18.4 Å². The van der Waals surface area contributed by atoms with Crippen molar-refractivity contribution in [3.8, 4) is 0 Å². The fourth-order valence-electron chi connectivity index (χ4n) is 2.67. The first-order valence-electron chi connectivity index (χ1n) is 8.44. The summed E-state index contributed by atoms with van der Waals surface area (Å²) in [4.78, 5) is 23.0. The van der Waals surface area contributed by atoms with Crippen molar-refractivity contribution in [1.29, 1.82) is 0 Å². The average molecular weight is 502 g/mol. The van der Waals surface area contributed by atoms with E-state index in [0.717, 1.165) is 11.8 Å². The Balaban J connectivity index is 1.74. The SMILES string of the molecule is CCC(C(=O)Nc1nn(Cc2ccc(Cl)c(Cl)c2)cc1Br)n1cc([N+](=O)[O-])cn1. The van der Waals surface area contributed by atoms with E-state index in [0.29, 0.717) is 33.3 Å². The number of benzene rings is 1. The lowest BCUT2D eigenvalue weighted by Crippen LogP contribution is -2.26. The van der Waals surface area contributed by atoms with Crippen LogP contribution in [0.4, 0.5) is 11.5 Å². The normalized spacial score (nSPS) is 12.0. The molecule has 9 nitrogen and oxygen atoms in total. The van der Waals surface area contributed by atoms with Gasteiger partial charge in [-0.15, -0.1) is 0 Å². The Bertz CT molecular complexity index is 1070. The van der Waals surface area contributed by atoms with Crippen LogP contribution in [0, 0.1) is 10.1 Å². The molecule has 1 amide bonds. The van der Waals surface area contributed by atoms with Gasteiger partial charge in [0.15, 0.2) is 5.82 Å². The minimum Gasteiger partial charge on any atom is -0.306 e. The van der Waals surface area contributed by atoms with E-state index in [1.54, 1.807) is 29.9 Å². The molecule has 0 aliphatic rings. The minimum atomic E-state index is -0.712. The highest BCUT2D eigenvalue weighted by Crippen LogP contribution is 2.25. The third-order valence-corrected chi connectivity index (χ3v) is 5.41. The fourth-order valence-corrected chi connectivity index (χ4v) is 3.41. The second-order valence-electron chi connectivity index (χ2n) is 6.12. The maximum atomic E-state index is 12.7. The van der Waals surface area contributed by atoms with Crippen molar-refractivity contribution in [3.63, 3.8) is 0 Å². The monoisotopic (exact) mass is 500 g/mol. The Kier molecular flexibility index (Phi) is 6.56. The Morgan fingerprint density at radius 1 is 1.34 bits per heavy atom. The van der Waals surface area contributed by atoms with Crippen LogP contribution >= 0.6 is 39.1 Å². The Labute approximate surface area is 183 Å². The van der Waals surface area contributed by atoms with Crippen LogP contribution in [-0.4, -0.2) is 30.4 Å². The third kappa shape index (κ3) is 4.95. The van der Waals surface area contributed by atoms with Crippen molar-refractivity contribution < 1.29 is 9.72 Å². The lowest BCUT2D eigenvalue weighted by atomic mass is 10.2. The summed E-state index contributed by atoms with van der Waals surface area (Å²) in [6.07, 6.45) is 4.45. The van der Waals surface area contributed by atoms with Gasteiger partial charge in [-0.1, -0.05) is 36.2 Å². The second-order valence-corrected chi connectivity index (χ2v) is 7.79. The van der Waals surface area contributed by atoms with Gasteiger partial charge in [0, 0.05) is 6.20 Å². The lowest BCUT2D eigenvalue weighted by Gasteiger charge is -2.14.